The lowest BCUT2D eigenvalue weighted by Gasteiger charge is -2.30. The highest BCUT2D eigenvalue weighted by Gasteiger charge is 2.34. The number of halogens is 2. The third-order valence-electron chi connectivity index (χ3n) is 4.54. The number of aliphatic hydroxyl groups is 1. The first-order valence-corrected chi connectivity index (χ1v) is 9.64. The van der Waals surface area contributed by atoms with Crippen molar-refractivity contribution in [2.45, 2.75) is 12.1 Å². The summed E-state index contributed by atoms with van der Waals surface area (Å²) in [4.78, 5) is 3.96. The molecule has 1 unspecified atom stereocenters. The summed E-state index contributed by atoms with van der Waals surface area (Å²) < 4.78 is 7.41. The molecule has 1 heterocycles. The molecule has 0 aliphatic heterocycles. The van der Waals surface area contributed by atoms with Gasteiger partial charge in [0.05, 0.1) is 11.6 Å². The predicted octanol–water partition coefficient (Wildman–Crippen LogP) is 5.31. The minimum Gasteiger partial charge on any atom is -0.457 e. The molecule has 4 aromatic rings. The van der Waals surface area contributed by atoms with Gasteiger partial charge in [-0.2, -0.15) is 5.10 Å². The maximum atomic E-state index is 11.7. The Morgan fingerprint density at radius 2 is 1.66 bits per heavy atom. The number of nitrogens with zero attached hydrogens (tertiary/aromatic N) is 3. The van der Waals surface area contributed by atoms with Gasteiger partial charge in [-0.3, -0.25) is 0 Å². The summed E-state index contributed by atoms with van der Waals surface area (Å²) >= 11 is 12.5. The van der Waals surface area contributed by atoms with Crippen LogP contribution in [0.1, 0.15) is 11.1 Å². The maximum Gasteiger partial charge on any atom is 0.137 e. The summed E-state index contributed by atoms with van der Waals surface area (Å²) in [5.74, 6) is 1.19. The molecule has 7 heteroatoms. The Morgan fingerprint density at radius 3 is 2.31 bits per heavy atom. The van der Waals surface area contributed by atoms with Crippen LogP contribution >= 0.6 is 23.2 Å². The van der Waals surface area contributed by atoms with Crippen LogP contribution in [0, 0.1) is 0 Å². The molecule has 146 valence electrons. The molecular formula is C22H17Cl2N3O2. The minimum absolute atomic E-state index is 0.161. The predicted molar refractivity (Wildman–Crippen MR) is 112 cm³/mol. The fourth-order valence-corrected chi connectivity index (χ4v) is 3.58. The van der Waals surface area contributed by atoms with Gasteiger partial charge >= 0.3 is 0 Å². The Hall–Kier alpha value is -2.86. The zero-order valence-corrected chi connectivity index (χ0v) is 16.8. The molecule has 0 radical (unpaired) electrons. The van der Waals surface area contributed by atoms with Crippen molar-refractivity contribution < 1.29 is 9.84 Å². The van der Waals surface area contributed by atoms with E-state index < -0.39 is 5.60 Å². The van der Waals surface area contributed by atoms with Gasteiger partial charge in [-0.05, 0) is 42.0 Å². The van der Waals surface area contributed by atoms with Crippen molar-refractivity contribution in [1.82, 2.24) is 14.8 Å². The zero-order chi connectivity index (χ0) is 20.3. The summed E-state index contributed by atoms with van der Waals surface area (Å²) in [5.41, 5.74) is -0.154. The molecule has 0 bridgehead atoms. The van der Waals surface area contributed by atoms with Crippen LogP contribution in [-0.2, 0) is 12.1 Å². The van der Waals surface area contributed by atoms with Crippen molar-refractivity contribution in [2.24, 2.45) is 0 Å². The molecule has 1 aromatic heterocycles. The molecule has 0 spiro atoms. The van der Waals surface area contributed by atoms with E-state index in [1.54, 1.807) is 53.5 Å². The summed E-state index contributed by atoms with van der Waals surface area (Å²) in [5, 5.41) is 16.8. The maximum absolute atomic E-state index is 11.7. The van der Waals surface area contributed by atoms with Gasteiger partial charge in [0.15, 0.2) is 0 Å². The number of hydrogen-bond acceptors (Lipinski definition) is 4. The number of aromatic nitrogens is 3. The zero-order valence-electron chi connectivity index (χ0n) is 15.2. The largest absolute Gasteiger partial charge is 0.457 e. The van der Waals surface area contributed by atoms with Crippen LogP contribution in [0.5, 0.6) is 11.5 Å². The van der Waals surface area contributed by atoms with E-state index in [2.05, 4.69) is 10.1 Å². The van der Waals surface area contributed by atoms with Gasteiger partial charge in [0, 0.05) is 10.6 Å². The first-order valence-electron chi connectivity index (χ1n) is 8.88. The second-order valence-corrected chi connectivity index (χ2v) is 7.36. The summed E-state index contributed by atoms with van der Waals surface area (Å²) in [6.07, 6.45) is 2.98. The van der Waals surface area contributed by atoms with E-state index in [0.29, 0.717) is 32.7 Å². The minimum atomic E-state index is -1.40. The Bertz CT molecular complexity index is 1090. The summed E-state index contributed by atoms with van der Waals surface area (Å²) in [6, 6.07) is 21.6. The Balaban J connectivity index is 1.70. The van der Waals surface area contributed by atoms with Gasteiger partial charge in [0.1, 0.15) is 29.8 Å². The molecule has 5 nitrogen and oxygen atoms in total. The molecular weight excluding hydrogens is 409 g/mol. The van der Waals surface area contributed by atoms with Crippen LogP contribution < -0.4 is 4.74 Å². The fraction of sp³-hybridized carbons (Fsp3) is 0.0909. The van der Waals surface area contributed by atoms with E-state index in [0.717, 1.165) is 0 Å². The van der Waals surface area contributed by atoms with Crippen LogP contribution in [-0.4, -0.2) is 19.9 Å². The molecule has 4 rings (SSSR count). The third-order valence-corrected chi connectivity index (χ3v) is 5.11. The molecule has 0 aliphatic carbocycles. The number of rotatable bonds is 6. The van der Waals surface area contributed by atoms with Crippen molar-refractivity contribution >= 4 is 23.2 Å². The first kappa shape index (κ1) is 19.5. The lowest BCUT2D eigenvalue weighted by Crippen LogP contribution is -2.33. The number of ether oxygens (including phenoxy) is 1. The van der Waals surface area contributed by atoms with E-state index in [4.69, 9.17) is 27.9 Å². The van der Waals surface area contributed by atoms with Gasteiger partial charge in [0.2, 0.25) is 0 Å². The highest BCUT2D eigenvalue weighted by molar-refractivity contribution is 6.31. The standard InChI is InChI=1S/C22H17Cl2N3O2/c23-17-6-8-18(9-7-17)29-19-10-11-20(21(24)12-19)22(28,13-27-15-25-14-26-27)16-4-2-1-3-5-16/h1-12,14-15,28H,13H2. The van der Waals surface area contributed by atoms with Crippen LogP contribution in [0.2, 0.25) is 10.0 Å². The van der Waals surface area contributed by atoms with Crippen molar-refractivity contribution in [2.75, 3.05) is 0 Å². The monoisotopic (exact) mass is 425 g/mol. The molecule has 1 atom stereocenters. The molecule has 0 saturated heterocycles. The molecule has 1 N–H and O–H groups in total. The Kier molecular flexibility index (Phi) is 5.53. The van der Waals surface area contributed by atoms with Crippen LogP contribution in [0.25, 0.3) is 0 Å². The number of benzene rings is 3. The Morgan fingerprint density at radius 1 is 0.931 bits per heavy atom. The molecule has 0 fully saturated rings. The van der Waals surface area contributed by atoms with Gasteiger partial charge in [-0.25, -0.2) is 9.67 Å². The summed E-state index contributed by atoms with van der Waals surface area (Å²) in [7, 11) is 0. The van der Waals surface area contributed by atoms with E-state index in [-0.39, 0.29) is 6.54 Å². The average molecular weight is 426 g/mol. The Labute approximate surface area is 178 Å². The fourth-order valence-electron chi connectivity index (χ4n) is 3.13. The van der Waals surface area contributed by atoms with Crippen molar-refractivity contribution in [3.05, 3.63) is 107 Å². The van der Waals surface area contributed by atoms with E-state index in [1.165, 1.54) is 6.33 Å². The van der Waals surface area contributed by atoms with Gasteiger partial charge in [-0.1, -0.05) is 59.6 Å². The van der Waals surface area contributed by atoms with Gasteiger partial charge in [0.25, 0.3) is 0 Å². The summed E-state index contributed by atoms with van der Waals surface area (Å²) in [6.45, 7) is 0.161. The quantitative estimate of drug-likeness (QED) is 0.454. The normalized spacial score (nSPS) is 13.1. The van der Waals surface area contributed by atoms with E-state index in [9.17, 15) is 5.11 Å². The van der Waals surface area contributed by atoms with E-state index >= 15 is 0 Å². The molecule has 29 heavy (non-hydrogen) atoms. The SMILES string of the molecule is OC(Cn1cncn1)(c1ccccc1)c1ccc(Oc2ccc(Cl)cc2)cc1Cl. The second-order valence-electron chi connectivity index (χ2n) is 6.52. The average Bonchev–Trinajstić information content (AvgIpc) is 3.23. The van der Waals surface area contributed by atoms with Gasteiger partial charge < -0.3 is 9.84 Å². The lowest BCUT2D eigenvalue weighted by molar-refractivity contribution is 0.0573. The highest BCUT2D eigenvalue weighted by Crippen LogP contribution is 2.38. The van der Waals surface area contributed by atoms with Crippen LogP contribution in [0.3, 0.4) is 0 Å². The highest BCUT2D eigenvalue weighted by atomic mass is 35.5. The van der Waals surface area contributed by atoms with Crippen LogP contribution in [0.15, 0.2) is 85.5 Å². The third kappa shape index (κ3) is 4.27. The van der Waals surface area contributed by atoms with Crippen molar-refractivity contribution in [3.8, 4) is 11.5 Å². The number of hydrogen-bond donors (Lipinski definition) is 1. The van der Waals surface area contributed by atoms with Crippen molar-refractivity contribution in [1.29, 1.82) is 0 Å². The molecule has 0 amide bonds. The topological polar surface area (TPSA) is 60.2 Å². The molecule has 0 aliphatic rings. The van der Waals surface area contributed by atoms with Crippen molar-refractivity contribution in [3.63, 3.8) is 0 Å². The first-order chi connectivity index (χ1) is 14.0. The second kappa shape index (κ2) is 8.25. The molecule has 0 saturated carbocycles. The van der Waals surface area contributed by atoms with E-state index in [1.807, 2.05) is 30.3 Å². The lowest BCUT2D eigenvalue weighted by atomic mass is 9.86. The van der Waals surface area contributed by atoms with Gasteiger partial charge in [-0.15, -0.1) is 0 Å². The molecule has 3 aromatic carbocycles. The van der Waals surface area contributed by atoms with Crippen LogP contribution in [0.4, 0.5) is 0 Å². The smallest absolute Gasteiger partial charge is 0.137 e.